The fourth-order valence-corrected chi connectivity index (χ4v) is 3.06. The van der Waals surface area contributed by atoms with Crippen LogP contribution in [-0.2, 0) is 11.3 Å². The minimum Gasteiger partial charge on any atom is -0.325 e. The van der Waals surface area contributed by atoms with Gasteiger partial charge in [-0.15, -0.1) is 16.8 Å². The third-order valence-electron chi connectivity index (χ3n) is 3.92. The molecule has 0 aliphatic rings. The van der Waals surface area contributed by atoms with E-state index >= 15 is 0 Å². The van der Waals surface area contributed by atoms with Gasteiger partial charge in [0.1, 0.15) is 5.82 Å². The maximum atomic E-state index is 12.1. The fraction of sp³-hybridized carbons (Fsp3) is 0.389. The minimum absolute atomic E-state index is 0.0536. The highest BCUT2D eigenvalue weighted by Gasteiger charge is 2.11. The molecule has 0 aliphatic heterocycles. The van der Waals surface area contributed by atoms with Gasteiger partial charge in [-0.2, -0.15) is 0 Å². The average Bonchev–Trinajstić information content (AvgIpc) is 2.93. The summed E-state index contributed by atoms with van der Waals surface area (Å²) < 4.78 is 1.94. The summed E-state index contributed by atoms with van der Waals surface area (Å²) in [6.45, 7) is 10.6. The Morgan fingerprint density at radius 3 is 2.71 bits per heavy atom. The van der Waals surface area contributed by atoms with Gasteiger partial charge in [0, 0.05) is 12.2 Å². The highest BCUT2D eigenvalue weighted by Crippen LogP contribution is 2.21. The van der Waals surface area contributed by atoms with Crippen molar-refractivity contribution in [1.29, 1.82) is 0 Å². The highest BCUT2D eigenvalue weighted by atomic mass is 32.2. The van der Waals surface area contributed by atoms with Crippen LogP contribution in [0.2, 0.25) is 0 Å². The van der Waals surface area contributed by atoms with Gasteiger partial charge >= 0.3 is 0 Å². The van der Waals surface area contributed by atoms with Crippen LogP contribution in [0, 0.1) is 6.92 Å². The standard InChI is InChI=1S/C18H24N4OS/c1-5-11-22-14(4)20-21-18(22)24-12-17(23)19-16-9-7-15(8-10-16)13(3)6-2/h5,7-10,13H,1,6,11-12H2,2-4H3,(H,19,23). The van der Waals surface area contributed by atoms with Crippen LogP contribution >= 0.6 is 11.8 Å². The maximum absolute atomic E-state index is 12.1. The molecular formula is C18H24N4OS. The van der Waals surface area contributed by atoms with Crippen molar-refractivity contribution in [1.82, 2.24) is 14.8 Å². The number of aryl methyl sites for hydroxylation is 1. The minimum atomic E-state index is -0.0536. The number of allylic oxidation sites excluding steroid dienone is 1. The molecule has 24 heavy (non-hydrogen) atoms. The van der Waals surface area contributed by atoms with Gasteiger partial charge in [0.05, 0.1) is 5.75 Å². The number of aromatic nitrogens is 3. The quantitative estimate of drug-likeness (QED) is 0.580. The molecule has 0 aliphatic carbocycles. The fourth-order valence-electron chi connectivity index (χ4n) is 2.27. The molecule has 0 spiro atoms. The maximum Gasteiger partial charge on any atom is 0.234 e. The molecule has 1 amide bonds. The number of carbonyl (C=O) groups excluding carboxylic acids is 1. The molecule has 1 N–H and O–H groups in total. The third kappa shape index (κ3) is 4.71. The van der Waals surface area contributed by atoms with Crippen molar-refractivity contribution in [2.24, 2.45) is 0 Å². The van der Waals surface area contributed by atoms with Gasteiger partial charge in [0.15, 0.2) is 5.16 Å². The SMILES string of the molecule is C=CCn1c(C)nnc1SCC(=O)Nc1ccc(C(C)CC)cc1. The van der Waals surface area contributed by atoms with Gasteiger partial charge in [-0.3, -0.25) is 4.79 Å². The topological polar surface area (TPSA) is 59.8 Å². The predicted molar refractivity (Wildman–Crippen MR) is 99.5 cm³/mol. The second-order valence-corrected chi connectivity index (χ2v) is 6.64. The second kappa shape index (κ2) is 8.68. The molecule has 2 rings (SSSR count). The molecule has 0 saturated carbocycles. The van der Waals surface area contributed by atoms with E-state index in [4.69, 9.17) is 0 Å². The predicted octanol–water partition coefficient (Wildman–Crippen LogP) is 4.02. The molecule has 1 atom stereocenters. The smallest absolute Gasteiger partial charge is 0.234 e. The summed E-state index contributed by atoms with van der Waals surface area (Å²) in [6, 6.07) is 8.05. The molecule has 5 nitrogen and oxygen atoms in total. The summed E-state index contributed by atoms with van der Waals surface area (Å²) in [5, 5.41) is 11.8. The van der Waals surface area contributed by atoms with E-state index in [0.29, 0.717) is 18.2 Å². The molecule has 0 bridgehead atoms. The Hall–Kier alpha value is -2.08. The van der Waals surface area contributed by atoms with Crippen molar-refractivity contribution in [2.75, 3.05) is 11.1 Å². The number of nitrogens with zero attached hydrogens (tertiary/aromatic N) is 3. The average molecular weight is 344 g/mol. The number of amides is 1. The molecule has 2 aromatic rings. The molecular weight excluding hydrogens is 320 g/mol. The van der Waals surface area contributed by atoms with Crippen LogP contribution in [0.4, 0.5) is 5.69 Å². The van der Waals surface area contributed by atoms with E-state index in [1.165, 1.54) is 17.3 Å². The lowest BCUT2D eigenvalue weighted by molar-refractivity contribution is -0.113. The molecule has 1 aromatic carbocycles. The molecule has 1 aromatic heterocycles. The van der Waals surface area contributed by atoms with Gasteiger partial charge in [0.25, 0.3) is 0 Å². The Morgan fingerprint density at radius 1 is 1.38 bits per heavy atom. The van der Waals surface area contributed by atoms with E-state index < -0.39 is 0 Å². The summed E-state index contributed by atoms with van der Waals surface area (Å²) in [5.41, 5.74) is 2.11. The van der Waals surface area contributed by atoms with E-state index in [-0.39, 0.29) is 5.91 Å². The Kier molecular flexibility index (Phi) is 6.61. The number of hydrogen-bond acceptors (Lipinski definition) is 4. The first kappa shape index (κ1) is 18.3. The van der Waals surface area contributed by atoms with E-state index in [0.717, 1.165) is 23.1 Å². The third-order valence-corrected chi connectivity index (χ3v) is 4.89. The molecule has 128 valence electrons. The molecule has 1 unspecified atom stereocenters. The zero-order valence-corrected chi connectivity index (χ0v) is 15.3. The van der Waals surface area contributed by atoms with Crippen molar-refractivity contribution >= 4 is 23.4 Å². The van der Waals surface area contributed by atoms with Crippen LogP contribution < -0.4 is 5.32 Å². The first-order valence-corrected chi connectivity index (χ1v) is 9.07. The van der Waals surface area contributed by atoms with Crippen molar-refractivity contribution in [3.05, 3.63) is 48.3 Å². The van der Waals surface area contributed by atoms with Crippen molar-refractivity contribution < 1.29 is 4.79 Å². The van der Waals surface area contributed by atoms with E-state index in [9.17, 15) is 4.79 Å². The van der Waals surface area contributed by atoms with E-state index in [1.54, 1.807) is 6.08 Å². The van der Waals surface area contributed by atoms with Gasteiger partial charge < -0.3 is 9.88 Å². The summed E-state index contributed by atoms with van der Waals surface area (Å²) in [4.78, 5) is 12.1. The molecule has 6 heteroatoms. The van der Waals surface area contributed by atoms with Gasteiger partial charge in [0.2, 0.25) is 5.91 Å². The summed E-state index contributed by atoms with van der Waals surface area (Å²) in [7, 11) is 0. The van der Waals surface area contributed by atoms with Crippen LogP contribution in [0.1, 0.15) is 37.6 Å². The molecule has 0 fully saturated rings. The Morgan fingerprint density at radius 2 is 2.08 bits per heavy atom. The normalized spacial score (nSPS) is 12.0. The number of nitrogens with one attached hydrogen (secondary N) is 1. The number of thioether (sulfide) groups is 1. The molecule has 0 radical (unpaired) electrons. The summed E-state index contributed by atoms with van der Waals surface area (Å²) in [6.07, 6.45) is 2.90. The first-order chi connectivity index (χ1) is 11.5. The first-order valence-electron chi connectivity index (χ1n) is 8.08. The summed E-state index contributed by atoms with van der Waals surface area (Å²) >= 11 is 1.38. The zero-order chi connectivity index (χ0) is 17.5. The van der Waals surface area contributed by atoms with E-state index in [1.807, 2.05) is 23.6 Å². The van der Waals surface area contributed by atoms with Gasteiger partial charge in [-0.1, -0.05) is 43.8 Å². The monoisotopic (exact) mass is 344 g/mol. The van der Waals surface area contributed by atoms with Crippen LogP contribution in [0.5, 0.6) is 0 Å². The van der Waals surface area contributed by atoms with Gasteiger partial charge in [-0.25, -0.2) is 0 Å². The zero-order valence-electron chi connectivity index (χ0n) is 14.5. The van der Waals surface area contributed by atoms with Crippen LogP contribution in [0.3, 0.4) is 0 Å². The van der Waals surface area contributed by atoms with Crippen molar-refractivity contribution in [3.63, 3.8) is 0 Å². The molecule has 0 saturated heterocycles. The van der Waals surface area contributed by atoms with Gasteiger partial charge in [-0.05, 0) is 37.0 Å². The number of benzene rings is 1. The lowest BCUT2D eigenvalue weighted by Crippen LogP contribution is -2.14. The Bertz CT molecular complexity index is 694. The van der Waals surface area contributed by atoms with E-state index in [2.05, 4.69) is 48.1 Å². The number of anilines is 1. The van der Waals surface area contributed by atoms with Crippen molar-refractivity contribution in [2.45, 2.75) is 44.8 Å². The number of rotatable bonds is 8. The number of hydrogen-bond donors (Lipinski definition) is 1. The largest absolute Gasteiger partial charge is 0.325 e. The molecule has 1 heterocycles. The van der Waals surface area contributed by atoms with Crippen LogP contribution in [-0.4, -0.2) is 26.4 Å². The Balaban J connectivity index is 1.90. The lowest BCUT2D eigenvalue weighted by Gasteiger charge is -2.10. The van der Waals surface area contributed by atoms with Crippen LogP contribution in [0.25, 0.3) is 0 Å². The summed E-state index contributed by atoms with van der Waals surface area (Å²) in [5.74, 6) is 1.59. The number of carbonyl (C=O) groups is 1. The van der Waals surface area contributed by atoms with Crippen molar-refractivity contribution in [3.8, 4) is 0 Å². The highest BCUT2D eigenvalue weighted by molar-refractivity contribution is 7.99. The van der Waals surface area contributed by atoms with Crippen LogP contribution in [0.15, 0.2) is 42.1 Å². The Labute approximate surface area is 147 Å². The second-order valence-electron chi connectivity index (χ2n) is 5.70. The lowest BCUT2D eigenvalue weighted by atomic mass is 9.99.